The van der Waals surface area contributed by atoms with Crippen LogP contribution >= 0.6 is 11.6 Å². The zero-order valence-corrected chi connectivity index (χ0v) is 11.2. The van der Waals surface area contributed by atoms with Crippen LogP contribution in [0.4, 0.5) is 0 Å². The Morgan fingerprint density at radius 1 is 1.28 bits per heavy atom. The monoisotopic (exact) mass is 269 g/mol. The molecule has 0 fully saturated rings. The Morgan fingerprint density at radius 2 is 1.94 bits per heavy atom. The lowest BCUT2D eigenvalue weighted by Crippen LogP contribution is -2.32. The summed E-state index contributed by atoms with van der Waals surface area (Å²) in [6.45, 7) is 4.67. The third-order valence-corrected chi connectivity index (χ3v) is 2.98. The fourth-order valence-corrected chi connectivity index (χ4v) is 1.80. The Bertz CT molecular complexity index is 448. The van der Waals surface area contributed by atoms with Crippen LogP contribution < -0.4 is 14.8 Å². The highest BCUT2D eigenvalue weighted by Gasteiger charge is 2.17. The number of nitrogens with one attached hydrogen (secondary N) is 1. The molecule has 1 aliphatic rings. The average Bonchev–Trinajstić information content (AvgIpc) is 2.37. The molecule has 0 aliphatic carbocycles. The van der Waals surface area contributed by atoms with E-state index in [-0.39, 0.29) is 11.9 Å². The molecule has 1 heterocycles. The van der Waals surface area contributed by atoms with Gasteiger partial charge in [-0.15, -0.1) is 11.6 Å². The molecule has 2 rings (SSSR count). The second kappa shape index (κ2) is 5.48. The lowest BCUT2D eigenvalue weighted by Gasteiger charge is -2.21. The number of amides is 1. The van der Waals surface area contributed by atoms with Gasteiger partial charge in [0, 0.05) is 0 Å². The van der Waals surface area contributed by atoms with E-state index in [4.69, 9.17) is 21.1 Å². The van der Waals surface area contributed by atoms with Crippen LogP contribution in [0.1, 0.15) is 25.5 Å². The summed E-state index contributed by atoms with van der Waals surface area (Å²) in [6.07, 6.45) is 0. The number of halogens is 1. The highest BCUT2D eigenvalue weighted by atomic mass is 35.5. The van der Waals surface area contributed by atoms with E-state index < -0.39 is 5.38 Å². The van der Waals surface area contributed by atoms with Gasteiger partial charge in [-0.25, -0.2) is 0 Å². The third-order valence-electron chi connectivity index (χ3n) is 2.79. The highest BCUT2D eigenvalue weighted by molar-refractivity contribution is 6.30. The van der Waals surface area contributed by atoms with E-state index in [0.29, 0.717) is 13.2 Å². The molecule has 0 radical (unpaired) electrons. The van der Waals surface area contributed by atoms with E-state index in [1.165, 1.54) is 0 Å². The molecule has 4 nitrogen and oxygen atoms in total. The zero-order valence-electron chi connectivity index (χ0n) is 10.4. The average molecular weight is 270 g/mol. The molecule has 0 saturated carbocycles. The van der Waals surface area contributed by atoms with Crippen molar-refractivity contribution in [2.45, 2.75) is 25.3 Å². The molecule has 1 amide bonds. The molecule has 5 heteroatoms. The van der Waals surface area contributed by atoms with Crippen molar-refractivity contribution in [2.24, 2.45) is 0 Å². The molecule has 18 heavy (non-hydrogen) atoms. The maximum absolute atomic E-state index is 11.5. The minimum absolute atomic E-state index is 0.116. The fourth-order valence-electron chi connectivity index (χ4n) is 1.74. The summed E-state index contributed by atoms with van der Waals surface area (Å²) in [4.78, 5) is 11.5. The highest BCUT2D eigenvalue weighted by Crippen LogP contribution is 2.32. The van der Waals surface area contributed by atoms with Crippen molar-refractivity contribution in [1.29, 1.82) is 0 Å². The number of hydrogen-bond acceptors (Lipinski definition) is 3. The summed E-state index contributed by atoms with van der Waals surface area (Å²) < 4.78 is 10.9. The minimum atomic E-state index is -0.537. The SMILES string of the molecule is C[C@H](Cl)C(=O)N[C@H](C)c1ccc2c(c1)OCCO2. The number of hydrogen-bond donors (Lipinski definition) is 1. The predicted octanol–water partition coefficient (Wildman–Crippen LogP) is 2.26. The van der Waals surface area contributed by atoms with Gasteiger partial charge >= 0.3 is 0 Å². The Kier molecular flexibility index (Phi) is 3.97. The smallest absolute Gasteiger partial charge is 0.238 e. The van der Waals surface area contributed by atoms with Gasteiger partial charge in [0.1, 0.15) is 18.6 Å². The normalized spacial score (nSPS) is 16.8. The lowest BCUT2D eigenvalue weighted by molar-refractivity contribution is -0.121. The van der Waals surface area contributed by atoms with Crippen LogP contribution in [0.25, 0.3) is 0 Å². The number of alkyl halides is 1. The number of fused-ring (bicyclic) bond motifs is 1. The van der Waals surface area contributed by atoms with E-state index in [1.54, 1.807) is 6.92 Å². The van der Waals surface area contributed by atoms with Crippen molar-refractivity contribution in [3.05, 3.63) is 23.8 Å². The molecule has 1 aliphatic heterocycles. The maximum atomic E-state index is 11.5. The Morgan fingerprint density at radius 3 is 2.61 bits per heavy atom. The zero-order chi connectivity index (χ0) is 13.1. The summed E-state index contributed by atoms with van der Waals surface area (Å²) in [5.74, 6) is 1.28. The number of ether oxygens (including phenoxy) is 2. The number of benzene rings is 1. The van der Waals surface area contributed by atoms with Crippen molar-refractivity contribution < 1.29 is 14.3 Å². The molecular weight excluding hydrogens is 254 g/mol. The molecule has 0 aromatic heterocycles. The lowest BCUT2D eigenvalue weighted by atomic mass is 10.1. The van der Waals surface area contributed by atoms with Gasteiger partial charge in [0.15, 0.2) is 11.5 Å². The molecule has 0 spiro atoms. The first-order valence-corrected chi connectivity index (χ1v) is 6.35. The number of rotatable bonds is 3. The van der Waals surface area contributed by atoms with Gasteiger partial charge in [0.2, 0.25) is 5.91 Å². The van der Waals surface area contributed by atoms with Crippen LogP contribution in [0.2, 0.25) is 0 Å². The Balaban J connectivity index is 2.11. The quantitative estimate of drug-likeness (QED) is 0.857. The molecular formula is C13H16ClNO3. The van der Waals surface area contributed by atoms with Crippen LogP contribution in [0.3, 0.4) is 0 Å². The summed E-state index contributed by atoms with van der Waals surface area (Å²) in [5, 5.41) is 2.30. The topological polar surface area (TPSA) is 47.6 Å². The summed E-state index contributed by atoms with van der Waals surface area (Å²) >= 11 is 5.72. The molecule has 0 bridgehead atoms. The van der Waals surface area contributed by atoms with Gasteiger partial charge in [-0.1, -0.05) is 6.07 Å². The predicted molar refractivity (Wildman–Crippen MR) is 69.3 cm³/mol. The maximum Gasteiger partial charge on any atom is 0.238 e. The van der Waals surface area contributed by atoms with Gasteiger partial charge in [-0.05, 0) is 31.5 Å². The number of carbonyl (C=O) groups excluding carboxylic acids is 1. The summed E-state index contributed by atoms with van der Waals surface area (Å²) in [6, 6.07) is 5.54. The molecule has 98 valence electrons. The van der Waals surface area contributed by atoms with Crippen molar-refractivity contribution in [3.8, 4) is 11.5 Å². The largest absolute Gasteiger partial charge is 0.486 e. The van der Waals surface area contributed by atoms with Gasteiger partial charge in [0.05, 0.1) is 6.04 Å². The Hall–Kier alpha value is -1.42. The second-order valence-electron chi connectivity index (χ2n) is 4.25. The van der Waals surface area contributed by atoms with Crippen LogP contribution in [-0.4, -0.2) is 24.5 Å². The van der Waals surface area contributed by atoms with Crippen LogP contribution in [0.5, 0.6) is 11.5 Å². The Labute approximate surface area is 111 Å². The minimum Gasteiger partial charge on any atom is -0.486 e. The van der Waals surface area contributed by atoms with Crippen molar-refractivity contribution >= 4 is 17.5 Å². The molecule has 2 atom stereocenters. The molecule has 0 unspecified atom stereocenters. The summed E-state index contributed by atoms with van der Waals surface area (Å²) in [7, 11) is 0. The van der Waals surface area contributed by atoms with Crippen molar-refractivity contribution in [2.75, 3.05) is 13.2 Å². The van der Waals surface area contributed by atoms with E-state index in [0.717, 1.165) is 17.1 Å². The van der Waals surface area contributed by atoms with E-state index in [2.05, 4.69) is 5.32 Å². The van der Waals surface area contributed by atoms with Gasteiger partial charge in [-0.2, -0.15) is 0 Å². The van der Waals surface area contributed by atoms with Crippen LogP contribution in [-0.2, 0) is 4.79 Å². The van der Waals surface area contributed by atoms with Gasteiger partial charge in [-0.3, -0.25) is 4.79 Å². The van der Waals surface area contributed by atoms with E-state index in [1.807, 2.05) is 25.1 Å². The standard InChI is InChI=1S/C13H16ClNO3/c1-8(14)13(16)15-9(2)10-3-4-11-12(7-10)18-6-5-17-11/h3-4,7-9H,5-6H2,1-2H3,(H,15,16)/t8-,9+/m0/s1. The first-order valence-electron chi connectivity index (χ1n) is 5.92. The number of carbonyl (C=O) groups is 1. The van der Waals surface area contributed by atoms with E-state index >= 15 is 0 Å². The van der Waals surface area contributed by atoms with Crippen LogP contribution in [0.15, 0.2) is 18.2 Å². The first-order chi connectivity index (χ1) is 8.58. The van der Waals surface area contributed by atoms with Crippen molar-refractivity contribution in [1.82, 2.24) is 5.32 Å². The van der Waals surface area contributed by atoms with Crippen molar-refractivity contribution in [3.63, 3.8) is 0 Å². The fraction of sp³-hybridized carbons (Fsp3) is 0.462. The first kappa shape index (κ1) is 13.0. The third kappa shape index (κ3) is 2.88. The van der Waals surface area contributed by atoms with Gasteiger partial charge in [0.25, 0.3) is 0 Å². The molecule has 1 N–H and O–H groups in total. The molecule has 1 aromatic carbocycles. The van der Waals surface area contributed by atoms with E-state index in [9.17, 15) is 4.79 Å². The second-order valence-corrected chi connectivity index (χ2v) is 4.90. The molecule has 0 saturated heterocycles. The van der Waals surface area contributed by atoms with Crippen LogP contribution in [0, 0.1) is 0 Å². The van der Waals surface area contributed by atoms with Gasteiger partial charge < -0.3 is 14.8 Å². The summed E-state index contributed by atoms with van der Waals surface area (Å²) in [5.41, 5.74) is 0.963. The molecule has 1 aromatic rings.